The highest BCUT2D eigenvalue weighted by Crippen LogP contribution is 2.49. The topological polar surface area (TPSA) is 32.3 Å². The molecule has 1 heterocycles. The predicted octanol–water partition coefficient (Wildman–Crippen LogP) is 4.49. The number of alkyl halides is 3. The van der Waals surface area contributed by atoms with Gasteiger partial charge in [-0.3, -0.25) is 10.2 Å². The van der Waals surface area contributed by atoms with Crippen molar-refractivity contribution in [2.75, 3.05) is 0 Å². The number of nitrogens with zero attached hydrogens (tertiary/aromatic N) is 1. The van der Waals surface area contributed by atoms with Crippen molar-refractivity contribution in [3.8, 4) is 0 Å². The lowest BCUT2D eigenvalue weighted by atomic mass is 9.67. The number of amides is 1. The van der Waals surface area contributed by atoms with Crippen molar-refractivity contribution in [2.24, 2.45) is 5.41 Å². The van der Waals surface area contributed by atoms with Gasteiger partial charge < -0.3 is 0 Å². The largest absolute Gasteiger partial charge is 0.406 e. The average Bonchev–Trinajstić information content (AvgIpc) is 2.78. The average molecular weight is 366 g/mol. The van der Waals surface area contributed by atoms with E-state index in [1.54, 1.807) is 26.0 Å². The molecule has 26 heavy (non-hydrogen) atoms. The van der Waals surface area contributed by atoms with Crippen molar-refractivity contribution in [1.82, 2.24) is 10.4 Å². The molecule has 142 valence electrons. The van der Waals surface area contributed by atoms with Gasteiger partial charge in [-0.2, -0.15) is 13.2 Å². The van der Waals surface area contributed by atoms with Crippen LogP contribution in [0.15, 0.2) is 30.3 Å². The Balaban J connectivity index is 2.10. The Bertz CT molecular complexity index is 726. The van der Waals surface area contributed by atoms with Gasteiger partial charge in [0.15, 0.2) is 0 Å². The van der Waals surface area contributed by atoms with Crippen LogP contribution in [0.2, 0.25) is 0 Å². The zero-order valence-electron chi connectivity index (χ0n) is 15.4. The molecule has 1 fully saturated rings. The van der Waals surface area contributed by atoms with E-state index in [4.69, 9.17) is 0 Å². The van der Waals surface area contributed by atoms with E-state index in [1.165, 1.54) is 0 Å². The maximum atomic E-state index is 14.3. The molecule has 0 spiro atoms. The third kappa shape index (κ3) is 3.27. The molecule has 0 radical (unpaired) electrons. The lowest BCUT2D eigenvalue weighted by molar-refractivity contribution is -0.227. The second-order valence-electron chi connectivity index (χ2n) is 8.03. The summed E-state index contributed by atoms with van der Waals surface area (Å²) in [6.07, 6.45) is 0.435. The molecule has 2 atom stereocenters. The van der Waals surface area contributed by atoms with Crippen LogP contribution in [0.3, 0.4) is 0 Å². The Morgan fingerprint density at radius 2 is 1.92 bits per heavy atom. The summed E-state index contributed by atoms with van der Waals surface area (Å²) in [6.45, 7) is 5.27. The molecule has 2 aliphatic rings. The Kier molecular flexibility index (Phi) is 4.67. The van der Waals surface area contributed by atoms with Gasteiger partial charge in [-0.1, -0.05) is 49.8 Å². The summed E-state index contributed by atoms with van der Waals surface area (Å²) in [7, 11) is 0. The zero-order valence-corrected chi connectivity index (χ0v) is 15.4. The molecule has 0 saturated carbocycles. The van der Waals surface area contributed by atoms with Crippen LogP contribution in [0, 0.1) is 5.41 Å². The molecule has 1 aromatic carbocycles. The fraction of sp³-hybridized carbons (Fsp3) is 0.550. The van der Waals surface area contributed by atoms with Gasteiger partial charge in [0.2, 0.25) is 5.91 Å². The van der Waals surface area contributed by atoms with E-state index in [1.807, 2.05) is 31.2 Å². The van der Waals surface area contributed by atoms with Gasteiger partial charge >= 0.3 is 6.18 Å². The summed E-state index contributed by atoms with van der Waals surface area (Å²) in [5, 5.41) is 1.16. The molecule has 0 aromatic heterocycles. The van der Waals surface area contributed by atoms with Crippen molar-refractivity contribution in [3.63, 3.8) is 0 Å². The maximum Gasteiger partial charge on any atom is 0.406 e. The highest BCUT2D eigenvalue weighted by atomic mass is 19.4. The second kappa shape index (κ2) is 6.41. The van der Waals surface area contributed by atoms with Gasteiger partial charge in [0.25, 0.3) is 0 Å². The molecule has 6 heteroatoms. The highest BCUT2D eigenvalue weighted by Gasteiger charge is 2.60. The quantitative estimate of drug-likeness (QED) is 0.852. The van der Waals surface area contributed by atoms with Crippen LogP contribution in [-0.2, 0) is 11.2 Å². The minimum absolute atomic E-state index is 0.0576. The second-order valence-corrected chi connectivity index (χ2v) is 8.03. The first-order valence-corrected chi connectivity index (χ1v) is 9.02. The van der Waals surface area contributed by atoms with E-state index in [9.17, 15) is 18.0 Å². The summed E-state index contributed by atoms with van der Waals surface area (Å²) >= 11 is 0. The van der Waals surface area contributed by atoms with E-state index in [0.717, 1.165) is 16.1 Å². The SMILES string of the molecule is CCCC1(C(N2NC(=O)CC2(C)C)C(F)(F)F)C=Cc2ccccc2C1. The highest BCUT2D eigenvalue weighted by molar-refractivity contribution is 5.79. The summed E-state index contributed by atoms with van der Waals surface area (Å²) in [6, 6.07) is 5.79. The first-order valence-electron chi connectivity index (χ1n) is 9.02. The van der Waals surface area contributed by atoms with Crippen LogP contribution in [0.25, 0.3) is 6.08 Å². The van der Waals surface area contributed by atoms with Crippen molar-refractivity contribution < 1.29 is 18.0 Å². The third-order valence-electron chi connectivity index (χ3n) is 5.49. The predicted molar refractivity (Wildman–Crippen MR) is 95.0 cm³/mol. The number of hydrazine groups is 1. The molecule has 0 bridgehead atoms. The number of fused-ring (bicyclic) bond motifs is 1. The standard InChI is InChI=1S/C20H25F3N2O/c1-4-10-19(11-9-14-7-5-6-8-15(14)12-19)17(20(21,22)23)25-18(2,3)13-16(26)24-25/h5-9,11,17H,4,10,12-13H2,1-3H3,(H,24,26). The Hall–Kier alpha value is -1.82. The number of rotatable bonds is 4. The molecule has 1 saturated heterocycles. The molecule has 1 aromatic rings. The van der Waals surface area contributed by atoms with Crippen LogP contribution in [0.5, 0.6) is 0 Å². The van der Waals surface area contributed by atoms with Gasteiger partial charge in [0.05, 0.1) is 0 Å². The molecule has 2 unspecified atom stereocenters. The molecular formula is C20H25F3N2O. The van der Waals surface area contributed by atoms with E-state index in [-0.39, 0.29) is 12.3 Å². The maximum absolute atomic E-state index is 14.3. The number of hydrogen-bond donors (Lipinski definition) is 1. The normalized spacial score (nSPS) is 26.5. The summed E-state index contributed by atoms with van der Waals surface area (Å²) in [5.41, 5.74) is 2.36. The number of carbonyl (C=O) groups is 1. The van der Waals surface area contributed by atoms with Crippen molar-refractivity contribution in [2.45, 2.75) is 64.2 Å². The van der Waals surface area contributed by atoms with Crippen molar-refractivity contribution >= 4 is 12.0 Å². The Morgan fingerprint density at radius 1 is 1.23 bits per heavy atom. The summed E-state index contributed by atoms with van der Waals surface area (Å²) in [5.74, 6) is -0.365. The molecule has 1 amide bonds. The van der Waals surface area contributed by atoms with Crippen LogP contribution >= 0.6 is 0 Å². The number of carbonyl (C=O) groups excluding carboxylic acids is 1. The Morgan fingerprint density at radius 3 is 2.50 bits per heavy atom. The number of hydrogen-bond acceptors (Lipinski definition) is 2. The fourth-order valence-electron chi connectivity index (χ4n) is 4.44. The fourth-order valence-corrected chi connectivity index (χ4v) is 4.44. The van der Waals surface area contributed by atoms with Gasteiger partial charge in [-0.25, -0.2) is 5.01 Å². The van der Waals surface area contributed by atoms with Crippen LogP contribution in [0.1, 0.15) is 51.2 Å². The Labute approximate surface area is 152 Å². The summed E-state index contributed by atoms with van der Waals surface area (Å²) in [4.78, 5) is 11.9. The first kappa shape index (κ1) is 19.0. The van der Waals surface area contributed by atoms with Crippen LogP contribution < -0.4 is 5.43 Å². The van der Waals surface area contributed by atoms with E-state index >= 15 is 0 Å². The van der Waals surface area contributed by atoms with E-state index < -0.39 is 23.2 Å². The van der Waals surface area contributed by atoms with Crippen molar-refractivity contribution in [3.05, 3.63) is 41.5 Å². The van der Waals surface area contributed by atoms with Gasteiger partial charge in [-0.05, 0) is 37.8 Å². The van der Waals surface area contributed by atoms with E-state index in [0.29, 0.717) is 19.3 Å². The third-order valence-corrected chi connectivity index (χ3v) is 5.49. The molecule has 3 rings (SSSR count). The van der Waals surface area contributed by atoms with Gasteiger partial charge in [0.1, 0.15) is 6.04 Å². The first-order chi connectivity index (χ1) is 12.1. The van der Waals surface area contributed by atoms with Gasteiger partial charge in [-0.15, -0.1) is 0 Å². The molecular weight excluding hydrogens is 341 g/mol. The summed E-state index contributed by atoms with van der Waals surface area (Å²) < 4.78 is 43.0. The zero-order chi connectivity index (χ0) is 19.2. The van der Waals surface area contributed by atoms with Crippen LogP contribution in [-0.4, -0.2) is 28.7 Å². The molecule has 1 aliphatic carbocycles. The van der Waals surface area contributed by atoms with Gasteiger partial charge in [0, 0.05) is 17.4 Å². The van der Waals surface area contributed by atoms with E-state index in [2.05, 4.69) is 5.43 Å². The number of benzene rings is 1. The smallest absolute Gasteiger partial charge is 0.288 e. The number of halogens is 3. The monoisotopic (exact) mass is 366 g/mol. The molecule has 1 N–H and O–H groups in total. The molecule has 3 nitrogen and oxygen atoms in total. The number of nitrogens with one attached hydrogen (secondary N) is 1. The minimum atomic E-state index is -4.47. The lowest BCUT2D eigenvalue weighted by Crippen LogP contribution is -2.63. The van der Waals surface area contributed by atoms with Crippen molar-refractivity contribution in [1.29, 1.82) is 0 Å². The molecule has 1 aliphatic heterocycles. The minimum Gasteiger partial charge on any atom is -0.288 e. The van der Waals surface area contributed by atoms with Crippen LogP contribution in [0.4, 0.5) is 13.2 Å². The lowest BCUT2D eigenvalue weighted by Gasteiger charge is -2.48.